The molecule has 0 saturated heterocycles. The number of esters is 1. The molecular weight excluding hydrogens is 206 g/mol. The van der Waals surface area contributed by atoms with Crippen molar-refractivity contribution in [3.63, 3.8) is 0 Å². The van der Waals surface area contributed by atoms with Crippen LogP contribution in [0, 0.1) is 6.92 Å². The Balaban J connectivity index is 2.39. The molecule has 0 aliphatic carbocycles. The Labute approximate surface area is 92.8 Å². The van der Waals surface area contributed by atoms with E-state index in [1.807, 2.05) is 31.2 Å². The first-order chi connectivity index (χ1) is 7.72. The number of nitrogens with zero attached hydrogens (tertiary/aromatic N) is 1. The van der Waals surface area contributed by atoms with Gasteiger partial charge in [0.1, 0.15) is 0 Å². The van der Waals surface area contributed by atoms with Crippen LogP contribution in [0.3, 0.4) is 0 Å². The number of hydrogen-bond donors (Lipinski definition) is 0. The highest BCUT2D eigenvalue weighted by atomic mass is 16.5. The Hall–Kier alpha value is -2.10. The van der Waals surface area contributed by atoms with Gasteiger partial charge in [-0.05, 0) is 12.5 Å². The third-order valence-corrected chi connectivity index (χ3v) is 2.32. The molecule has 82 valence electrons. The minimum absolute atomic E-state index is 0.181. The lowest BCUT2D eigenvalue weighted by Crippen LogP contribution is -2.00. The minimum atomic E-state index is -0.497. The predicted octanol–water partition coefficient (Wildman–Crippen LogP) is 2.44. The van der Waals surface area contributed by atoms with Gasteiger partial charge in [-0.2, -0.15) is 0 Å². The van der Waals surface area contributed by atoms with Crippen molar-refractivity contribution in [3.05, 3.63) is 41.6 Å². The number of hydrogen-bond acceptors (Lipinski definition) is 4. The lowest BCUT2D eigenvalue weighted by Gasteiger charge is -1.98. The summed E-state index contributed by atoms with van der Waals surface area (Å²) in [6.45, 7) is 1.97. The molecule has 1 aromatic carbocycles. The predicted molar refractivity (Wildman–Crippen MR) is 58.0 cm³/mol. The van der Waals surface area contributed by atoms with Crippen molar-refractivity contribution in [1.29, 1.82) is 0 Å². The Morgan fingerprint density at radius 1 is 1.38 bits per heavy atom. The Morgan fingerprint density at radius 2 is 2.12 bits per heavy atom. The summed E-state index contributed by atoms with van der Waals surface area (Å²) in [5.41, 5.74) is 2.17. The summed E-state index contributed by atoms with van der Waals surface area (Å²) in [4.78, 5) is 11.2. The van der Waals surface area contributed by atoms with Crippen LogP contribution in [0.5, 0.6) is 0 Å². The number of carbonyl (C=O) groups excluding carboxylic acids is 1. The van der Waals surface area contributed by atoms with Gasteiger partial charge in [0.2, 0.25) is 0 Å². The molecule has 0 fully saturated rings. The average Bonchev–Trinajstić information content (AvgIpc) is 2.78. The minimum Gasteiger partial charge on any atom is -0.464 e. The quantitative estimate of drug-likeness (QED) is 0.725. The number of rotatable bonds is 2. The molecule has 0 unspecified atom stereocenters. The van der Waals surface area contributed by atoms with Gasteiger partial charge < -0.3 is 9.26 Å². The molecule has 4 heteroatoms. The smallest absolute Gasteiger partial charge is 0.360 e. The van der Waals surface area contributed by atoms with Gasteiger partial charge in [-0.3, -0.25) is 0 Å². The van der Waals surface area contributed by atoms with E-state index in [9.17, 15) is 4.79 Å². The second kappa shape index (κ2) is 4.18. The van der Waals surface area contributed by atoms with E-state index in [0.29, 0.717) is 5.76 Å². The van der Waals surface area contributed by atoms with Crippen LogP contribution >= 0.6 is 0 Å². The van der Waals surface area contributed by atoms with Gasteiger partial charge >= 0.3 is 5.97 Å². The summed E-state index contributed by atoms with van der Waals surface area (Å²) in [5, 5.41) is 3.65. The number of aromatic nitrogens is 1. The molecule has 0 spiro atoms. The highest BCUT2D eigenvalue weighted by Gasteiger charge is 2.14. The zero-order valence-electron chi connectivity index (χ0n) is 9.06. The van der Waals surface area contributed by atoms with Crippen LogP contribution in [0.1, 0.15) is 16.1 Å². The van der Waals surface area contributed by atoms with Gasteiger partial charge in [0.15, 0.2) is 11.5 Å². The van der Waals surface area contributed by atoms with Crippen LogP contribution in [0.25, 0.3) is 11.3 Å². The van der Waals surface area contributed by atoms with Crippen molar-refractivity contribution < 1.29 is 14.1 Å². The maximum absolute atomic E-state index is 11.2. The van der Waals surface area contributed by atoms with E-state index in [2.05, 4.69) is 9.89 Å². The van der Waals surface area contributed by atoms with Crippen LogP contribution in [0.2, 0.25) is 0 Å². The molecule has 4 nitrogen and oxygen atoms in total. The van der Waals surface area contributed by atoms with E-state index >= 15 is 0 Å². The van der Waals surface area contributed by atoms with Crippen LogP contribution < -0.4 is 0 Å². The molecule has 1 heterocycles. The van der Waals surface area contributed by atoms with E-state index in [1.54, 1.807) is 6.07 Å². The number of benzene rings is 1. The monoisotopic (exact) mass is 217 g/mol. The second-order valence-electron chi connectivity index (χ2n) is 3.38. The lowest BCUT2D eigenvalue weighted by atomic mass is 10.1. The third kappa shape index (κ3) is 1.82. The van der Waals surface area contributed by atoms with Crippen LogP contribution in [0.15, 0.2) is 34.9 Å². The van der Waals surface area contributed by atoms with Crippen LogP contribution in [0.4, 0.5) is 0 Å². The molecule has 0 radical (unpaired) electrons. The van der Waals surface area contributed by atoms with Crippen molar-refractivity contribution in [2.45, 2.75) is 6.92 Å². The zero-order chi connectivity index (χ0) is 11.5. The van der Waals surface area contributed by atoms with E-state index in [0.717, 1.165) is 11.1 Å². The molecule has 0 bridgehead atoms. The molecule has 0 aliphatic heterocycles. The molecule has 2 rings (SSSR count). The second-order valence-corrected chi connectivity index (χ2v) is 3.38. The van der Waals surface area contributed by atoms with Gasteiger partial charge in [-0.15, -0.1) is 0 Å². The van der Waals surface area contributed by atoms with E-state index in [-0.39, 0.29) is 5.69 Å². The summed E-state index contributed by atoms with van der Waals surface area (Å²) >= 11 is 0. The first kappa shape index (κ1) is 10.4. The normalized spacial score (nSPS) is 10.1. The summed E-state index contributed by atoms with van der Waals surface area (Å²) in [6.07, 6.45) is 0. The van der Waals surface area contributed by atoms with Crippen molar-refractivity contribution in [3.8, 4) is 11.3 Å². The van der Waals surface area contributed by atoms with Gasteiger partial charge in [-0.1, -0.05) is 29.4 Å². The molecule has 1 aromatic heterocycles. The molecule has 0 atom stereocenters. The van der Waals surface area contributed by atoms with Crippen LogP contribution in [-0.2, 0) is 4.74 Å². The molecule has 0 aliphatic rings. The highest BCUT2D eigenvalue weighted by Crippen LogP contribution is 2.23. The van der Waals surface area contributed by atoms with Crippen molar-refractivity contribution in [1.82, 2.24) is 5.16 Å². The standard InChI is InChI=1S/C12H11NO3/c1-8-5-3-4-6-9(8)11-7-10(13-16-11)12(14)15-2/h3-7H,1-2H3. The van der Waals surface area contributed by atoms with E-state index < -0.39 is 5.97 Å². The van der Waals surface area contributed by atoms with E-state index in [1.165, 1.54) is 7.11 Å². The van der Waals surface area contributed by atoms with Crippen LogP contribution in [-0.4, -0.2) is 18.2 Å². The molecule has 0 N–H and O–H groups in total. The number of ether oxygens (including phenoxy) is 1. The van der Waals surface area contributed by atoms with Crippen molar-refractivity contribution in [2.24, 2.45) is 0 Å². The fourth-order valence-corrected chi connectivity index (χ4v) is 1.45. The van der Waals surface area contributed by atoms with Gasteiger partial charge in [0.25, 0.3) is 0 Å². The first-order valence-electron chi connectivity index (χ1n) is 4.83. The van der Waals surface area contributed by atoms with Gasteiger partial charge in [0, 0.05) is 11.6 Å². The SMILES string of the molecule is COC(=O)c1cc(-c2ccccc2C)on1. The molecule has 16 heavy (non-hydrogen) atoms. The first-order valence-corrected chi connectivity index (χ1v) is 4.83. The fourth-order valence-electron chi connectivity index (χ4n) is 1.45. The largest absolute Gasteiger partial charge is 0.464 e. The summed E-state index contributed by atoms with van der Waals surface area (Å²) in [5.74, 6) is 0.0714. The fraction of sp³-hybridized carbons (Fsp3) is 0.167. The zero-order valence-corrected chi connectivity index (χ0v) is 9.06. The molecule has 2 aromatic rings. The number of methoxy groups -OCH3 is 1. The van der Waals surface area contributed by atoms with Gasteiger partial charge in [-0.25, -0.2) is 4.79 Å². The summed E-state index contributed by atoms with van der Waals surface area (Å²) in [6, 6.07) is 9.31. The Kier molecular flexibility index (Phi) is 2.72. The maximum atomic E-state index is 11.2. The topological polar surface area (TPSA) is 52.3 Å². The maximum Gasteiger partial charge on any atom is 0.360 e. The van der Waals surface area contributed by atoms with Crippen molar-refractivity contribution in [2.75, 3.05) is 7.11 Å². The number of carbonyl (C=O) groups is 1. The van der Waals surface area contributed by atoms with E-state index in [4.69, 9.17) is 4.52 Å². The Bertz CT molecular complexity index is 516. The Morgan fingerprint density at radius 3 is 2.81 bits per heavy atom. The number of aryl methyl sites for hydroxylation is 1. The summed E-state index contributed by atoms with van der Waals surface area (Å²) in [7, 11) is 1.31. The molecule has 0 saturated carbocycles. The van der Waals surface area contributed by atoms with Crippen molar-refractivity contribution >= 4 is 5.97 Å². The highest BCUT2D eigenvalue weighted by molar-refractivity contribution is 5.88. The van der Waals surface area contributed by atoms with Gasteiger partial charge in [0.05, 0.1) is 7.11 Å². The summed E-state index contributed by atoms with van der Waals surface area (Å²) < 4.78 is 9.66. The molecular formula is C12H11NO3. The lowest BCUT2D eigenvalue weighted by molar-refractivity contribution is 0.0589. The molecule has 0 amide bonds. The average molecular weight is 217 g/mol. The third-order valence-electron chi connectivity index (χ3n) is 2.32.